The van der Waals surface area contributed by atoms with Crippen molar-refractivity contribution in [2.24, 2.45) is 0 Å². The van der Waals surface area contributed by atoms with E-state index in [4.69, 9.17) is 0 Å². The lowest BCUT2D eigenvalue weighted by Crippen LogP contribution is -2.30. The SMILES string of the molecule is Cc1cc(N2CCCN(Cc3nnc(C)s3)CC2)ccn1. The van der Waals surface area contributed by atoms with Gasteiger partial charge in [0.1, 0.15) is 10.0 Å². The van der Waals surface area contributed by atoms with Crippen LogP contribution < -0.4 is 4.90 Å². The van der Waals surface area contributed by atoms with E-state index in [0.29, 0.717) is 0 Å². The van der Waals surface area contributed by atoms with Crippen LogP contribution >= 0.6 is 11.3 Å². The molecule has 0 amide bonds. The first-order valence-corrected chi connectivity index (χ1v) is 8.21. The Morgan fingerprint density at radius 2 is 2.05 bits per heavy atom. The molecule has 1 aliphatic heterocycles. The number of rotatable bonds is 3. The van der Waals surface area contributed by atoms with Crippen molar-refractivity contribution in [3.63, 3.8) is 0 Å². The summed E-state index contributed by atoms with van der Waals surface area (Å²) in [6.07, 6.45) is 3.08. The van der Waals surface area contributed by atoms with Crippen molar-refractivity contribution < 1.29 is 0 Å². The summed E-state index contributed by atoms with van der Waals surface area (Å²) in [6.45, 7) is 9.34. The lowest BCUT2D eigenvalue weighted by molar-refractivity contribution is 0.284. The molecule has 3 heterocycles. The van der Waals surface area contributed by atoms with Crippen molar-refractivity contribution >= 4 is 17.0 Å². The number of hydrogen-bond donors (Lipinski definition) is 0. The molecule has 112 valence electrons. The number of aromatic nitrogens is 3. The maximum atomic E-state index is 4.28. The number of hydrogen-bond acceptors (Lipinski definition) is 6. The van der Waals surface area contributed by atoms with E-state index < -0.39 is 0 Å². The molecular formula is C15H21N5S. The summed E-state index contributed by atoms with van der Waals surface area (Å²) in [4.78, 5) is 9.22. The Labute approximate surface area is 129 Å². The molecule has 0 aliphatic carbocycles. The molecule has 0 N–H and O–H groups in total. The number of anilines is 1. The van der Waals surface area contributed by atoms with Gasteiger partial charge in [0.2, 0.25) is 0 Å². The standard InChI is InChI=1S/C15H21N5S/c1-12-10-14(4-5-16-12)20-7-3-6-19(8-9-20)11-15-18-17-13(2)21-15/h4-5,10H,3,6-9,11H2,1-2H3. The molecule has 0 atom stereocenters. The smallest absolute Gasteiger partial charge is 0.131 e. The van der Waals surface area contributed by atoms with Crippen LogP contribution in [0.4, 0.5) is 5.69 Å². The summed E-state index contributed by atoms with van der Waals surface area (Å²) in [6, 6.07) is 4.28. The Morgan fingerprint density at radius 1 is 1.14 bits per heavy atom. The van der Waals surface area contributed by atoms with Crippen LogP contribution in [0.5, 0.6) is 0 Å². The number of nitrogens with zero attached hydrogens (tertiary/aromatic N) is 5. The topological polar surface area (TPSA) is 45.2 Å². The number of aryl methyl sites for hydroxylation is 2. The van der Waals surface area contributed by atoms with Crippen LogP contribution in [0.15, 0.2) is 18.3 Å². The molecule has 0 saturated carbocycles. The summed E-state index contributed by atoms with van der Waals surface area (Å²) in [5.74, 6) is 0. The van der Waals surface area contributed by atoms with E-state index in [1.54, 1.807) is 11.3 Å². The predicted molar refractivity (Wildman–Crippen MR) is 85.7 cm³/mol. The highest BCUT2D eigenvalue weighted by atomic mass is 32.1. The Morgan fingerprint density at radius 3 is 2.81 bits per heavy atom. The van der Waals surface area contributed by atoms with Gasteiger partial charge in [-0.05, 0) is 32.4 Å². The maximum absolute atomic E-state index is 4.28. The molecule has 1 fully saturated rings. The van der Waals surface area contributed by atoms with Crippen LogP contribution in [0, 0.1) is 13.8 Å². The lowest BCUT2D eigenvalue weighted by Gasteiger charge is -2.23. The average Bonchev–Trinajstić information content (AvgIpc) is 2.73. The van der Waals surface area contributed by atoms with Gasteiger partial charge >= 0.3 is 0 Å². The molecule has 3 rings (SSSR count). The molecule has 0 unspecified atom stereocenters. The highest BCUT2D eigenvalue weighted by Crippen LogP contribution is 2.18. The summed E-state index contributed by atoms with van der Waals surface area (Å²) < 4.78 is 0. The Kier molecular flexibility index (Phi) is 4.45. The van der Waals surface area contributed by atoms with Gasteiger partial charge in [-0.2, -0.15) is 0 Å². The fraction of sp³-hybridized carbons (Fsp3) is 0.533. The Bertz CT molecular complexity index is 597. The third-order valence-electron chi connectivity index (χ3n) is 3.76. The molecule has 2 aromatic rings. The van der Waals surface area contributed by atoms with Crippen molar-refractivity contribution in [2.45, 2.75) is 26.8 Å². The van der Waals surface area contributed by atoms with Crippen LogP contribution in [0.2, 0.25) is 0 Å². The summed E-state index contributed by atoms with van der Waals surface area (Å²) >= 11 is 1.70. The van der Waals surface area contributed by atoms with Gasteiger partial charge in [-0.25, -0.2) is 0 Å². The zero-order valence-corrected chi connectivity index (χ0v) is 13.4. The molecule has 6 heteroatoms. The maximum Gasteiger partial charge on any atom is 0.131 e. The van der Waals surface area contributed by atoms with E-state index in [1.165, 1.54) is 12.1 Å². The molecule has 0 spiro atoms. The summed E-state index contributed by atoms with van der Waals surface area (Å²) in [5, 5.41) is 10.5. The van der Waals surface area contributed by atoms with Gasteiger partial charge in [0, 0.05) is 43.8 Å². The van der Waals surface area contributed by atoms with Crippen molar-refractivity contribution in [3.8, 4) is 0 Å². The Hall–Kier alpha value is -1.53. The second-order valence-electron chi connectivity index (χ2n) is 5.49. The van der Waals surface area contributed by atoms with E-state index in [1.807, 2.05) is 20.0 Å². The zero-order chi connectivity index (χ0) is 14.7. The van der Waals surface area contributed by atoms with Crippen molar-refractivity contribution in [3.05, 3.63) is 34.0 Å². The minimum atomic E-state index is 0.925. The minimum Gasteiger partial charge on any atom is -0.370 e. The summed E-state index contributed by atoms with van der Waals surface area (Å²) in [7, 11) is 0. The molecule has 0 bridgehead atoms. The Balaban J connectivity index is 1.61. The fourth-order valence-corrected chi connectivity index (χ4v) is 3.46. The van der Waals surface area contributed by atoms with Crippen LogP contribution in [-0.4, -0.2) is 46.3 Å². The van der Waals surface area contributed by atoms with Crippen LogP contribution in [0.25, 0.3) is 0 Å². The third kappa shape index (κ3) is 3.77. The van der Waals surface area contributed by atoms with Gasteiger partial charge in [-0.1, -0.05) is 0 Å². The van der Waals surface area contributed by atoms with E-state index >= 15 is 0 Å². The van der Waals surface area contributed by atoms with Crippen LogP contribution in [-0.2, 0) is 6.54 Å². The molecule has 1 aliphatic rings. The first-order chi connectivity index (χ1) is 10.2. The molecule has 1 saturated heterocycles. The monoisotopic (exact) mass is 303 g/mol. The molecule has 2 aromatic heterocycles. The highest BCUT2D eigenvalue weighted by Gasteiger charge is 2.16. The zero-order valence-electron chi connectivity index (χ0n) is 12.6. The summed E-state index contributed by atoms with van der Waals surface area (Å²) in [5.41, 5.74) is 2.37. The molecule has 21 heavy (non-hydrogen) atoms. The number of pyridine rings is 1. The molecule has 5 nitrogen and oxygen atoms in total. The molecule has 0 aromatic carbocycles. The van der Waals surface area contributed by atoms with E-state index in [9.17, 15) is 0 Å². The van der Waals surface area contributed by atoms with Gasteiger partial charge in [0.15, 0.2) is 0 Å². The normalized spacial score (nSPS) is 17.0. The second kappa shape index (κ2) is 6.49. The lowest BCUT2D eigenvalue weighted by atomic mass is 10.3. The predicted octanol–water partition coefficient (Wildman–Crippen LogP) is 2.26. The van der Waals surface area contributed by atoms with Crippen molar-refractivity contribution in [1.82, 2.24) is 20.1 Å². The highest BCUT2D eigenvalue weighted by molar-refractivity contribution is 7.11. The third-order valence-corrected chi connectivity index (χ3v) is 4.58. The van der Waals surface area contributed by atoms with E-state index in [-0.39, 0.29) is 0 Å². The van der Waals surface area contributed by atoms with Gasteiger partial charge in [0.25, 0.3) is 0 Å². The van der Waals surface area contributed by atoms with Crippen LogP contribution in [0.3, 0.4) is 0 Å². The fourth-order valence-electron chi connectivity index (χ4n) is 2.71. The van der Waals surface area contributed by atoms with Crippen molar-refractivity contribution in [1.29, 1.82) is 0 Å². The van der Waals surface area contributed by atoms with Gasteiger partial charge in [-0.15, -0.1) is 21.5 Å². The molecule has 0 radical (unpaired) electrons. The van der Waals surface area contributed by atoms with E-state index in [0.717, 1.165) is 48.4 Å². The van der Waals surface area contributed by atoms with Gasteiger partial charge in [0.05, 0.1) is 6.54 Å². The first kappa shape index (κ1) is 14.4. The van der Waals surface area contributed by atoms with Crippen LogP contribution in [0.1, 0.15) is 22.1 Å². The second-order valence-corrected chi connectivity index (χ2v) is 6.75. The van der Waals surface area contributed by atoms with E-state index in [2.05, 4.69) is 37.1 Å². The van der Waals surface area contributed by atoms with Gasteiger partial charge < -0.3 is 4.90 Å². The largest absolute Gasteiger partial charge is 0.370 e. The molecular weight excluding hydrogens is 282 g/mol. The van der Waals surface area contributed by atoms with Gasteiger partial charge in [-0.3, -0.25) is 9.88 Å². The minimum absolute atomic E-state index is 0.925. The van der Waals surface area contributed by atoms with Crippen molar-refractivity contribution in [2.75, 3.05) is 31.1 Å². The quantitative estimate of drug-likeness (QED) is 0.870. The average molecular weight is 303 g/mol. The first-order valence-electron chi connectivity index (χ1n) is 7.39.